The highest BCUT2D eigenvalue weighted by Crippen LogP contribution is 2.24. The zero-order valence-corrected chi connectivity index (χ0v) is 37.9. The lowest BCUT2D eigenvalue weighted by Gasteiger charge is -2.40. The first-order valence-corrected chi connectivity index (χ1v) is 25.4. The van der Waals surface area contributed by atoms with Crippen LogP contribution in [-0.4, -0.2) is 96.0 Å². The van der Waals surface area contributed by atoms with Gasteiger partial charge in [-0.05, 0) is 38.5 Å². The summed E-state index contributed by atoms with van der Waals surface area (Å²) < 4.78 is 54.1. The number of allylic oxidation sites excluding steroid dienone is 2. The van der Waals surface area contributed by atoms with Gasteiger partial charge in [0.1, 0.15) is 36.8 Å². The molecule has 1 rings (SSSR count). The molecule has 0 aromatic carbocycles. The van der Waals surface area contributed by atoms with Crippen LogP contribution in [0.5, 0.6) is 0 Å². The van der Waals surface area contributed by atoms with Crippen molar-refractivity contribution in [2.45, 2.75) is 250 Å². The number of unbranched alkanes of at least 4 members (excludes halogenated alkanes) is 26. The molecule has 0 aromatic heterocycles. The molecular weight excluding hydrogens is 777 g/mol. The Balaban J connectivity index is 2.40. The van der Waals surface area contributed by atoms with E-state index in [4.69, 9.17) is 18.9 Å². The first kappa shape index (κ1) is 55.4. The van der Waals surface area contributed by atoms with Crippen LogP contribution in [0.2, 0.25) is 0 Å². The number of aliphatic hydroxyl groups is 3. The molecule has 1 saturated heterocycles. The molecule has 12 nitrogen and oxygen atoms in total. The Morgan fingerprint density at radius 2 is 0.966 bits per heavy atom. The van der Waals surface area contributed by atoms with Crippen LogP contribution in [0.3, 0.4) is 0 Å². The number of hydrogen-bond acceptors (Lipinski definition) is 11. The van der Waals surface area contributed by atoms with E-state index in [1.54, 1.807) is 0 Å². The largest absolute Gasteiger partial charge is 0.462 e. The monoisotopic (exact) mass is 863 g/mol. The van der Waals surface area contributed by atoms with Crippen LogP contribution in [0.15, 0.2) is 12.2 Å². The minimum atomic E-state index is -4.60. The van der Waals surface area contributed by atoms with Crippen molar-refractivity contribution in [3.05, 3.63) is 12.2 Å². The maximum atomic E-state index is 12.8. The number of hydrogen-bond donors (Lipinski definition) is 4. The van der Waals surface area contributed by atoms with Crippen LogP contribution in [0.25, 0.3) is 0 Å². The number of carbonyl (C=O) groups is 2. The van der Waals surface area contributed by atoms with Crippen molar-refractivity contribution in [1.82, 2.24) is 0 Å². The summed E-state index contributed by atoms with van der Waals surface area (Å²) in [6.45, 7) is 3.77. The van der Waals surface area contributed by atoms with Crippen LogP contribution in [0, 0.1) is 0 Å². The third-order valence-electron chi connectivity index (χ3n) is 11.1. The normalized spacial score (nSPS) is 20.3. The molecule has 348 valence electrons. The molecule has 0 aromatic rings. The zero-order chi connectivity index (χ0) is 43.4. The molecule has 0 amide bonds. The Hall–Kier alpha value is -1.61. The number of aliphatic hydroxyl groups excluding tert-OH is 3. The smallest absolute Gasteiger partial charge is 0.306 e. The highest BCUT2D eigenvalue weighted by molar-refractivity contribution is 7.85. The van der Waals surface area contributed by atoms with Crippen molar-refractivity contribution in [3.63, 3.8) is 0 Å². The average Bonchev–Trinajstić information content (AvgIpc) is 3.20. The van der Waals surface area contributed by atoms with E-state index < -0.39 is 71.2 Å². The van der Waals surface area contributed by atoms with Gasteiger partial charge in [-0.15, -0.1) is 0 Å². The summed E-state index contributed by atoms with van der Waals surface area (Å²) in [5.41, 5.74) is 0. The van der Waals surface area contributed by atoms with Gasteiger partial charge in [-0.2, -0.15) is 8.42 Å². The molecule has 0 radical (unpaired) electrons. The summed E-state index contributed by atoms with van der Waals surface area (Å²) >= 11 is 0. The van der Waals surface area contributed by atoms with Gasteiger partial charge in [-0.1, -0.05) is 174 Å². The van der Waals surface area contributed by atoms with Crippen LogP contribution in [-0.2, 0) is 38.7 Å². The fraction of sp³-hybridized carbons (Fsp3) is 0.913. The van der Waals surface area contributed by atoms with Crippen molar-refractivity contribution in [1.29, 1.82) is 0 Å². The van der Waals surface area contributed by atoms with Gasteiger partial charge in [0, 0.05) is 12.8 Å². The number of rotatable bonds is 40. The Morgan fingerprint density at radius 3 is 1.41 bits per heavy atom. The molecule has 13 heteroatoms. The molecule has 0 spiro atoms. The molecule has 1 fully saturated rings. The number of carbonyl (C=O) groups excluding carboxylic acids is 2. The van der Waals surface area contributed by atoms with Gasteiger partial charge in [-0.3, -0.25) is 14.1 Å². The number of esters is 2. The molecule has 1 heterocycles. The van der Waals surface area contributed by atoms with Gasteiger partial charge in [0.2, 0.25) is 0 Å². The highest BCUT2D eigenvalue weighted by Gasteiger charge is 2.46. The molecule has 59 heavy (non-hydrogen) atoms. The molecular formula is C46H86O12S. The fourth-order valence-electron chi connectivity index (χ4n) is 7.38. The third-order valence-corrected chi connectivity index (χ3v) is 11.8. The summed E-state index contributed by atoms with van der Waals surface area (Å²) in [7, 11) is -4.60. The standard InChI is InChI=1S/C46H86O12S/c1-3-5-7-9-11-13-15-17-18-19-20-21-22-23-25-27-29-31-33-35-42(48)57-39(37-56-46-45(51)44(50)43(49)40(58-46)38-59(52,53)54)36-55-41(47)34-32-30-28-26-24-16-14-12-10-8-6-4-2/h17-18,39-40,43-46,49-51H,3-16,19-38H2,1-2H3,(H,52,53,54)/b18-17-. The Labute approximate surface area is 358 Å². The molecule has 6 atom stereocenters. The van der Waals surface area contributed by atoms with E-state index >= 15 is 0 Å². The summed E-state index contributed by atoms with van der Waals surface area (Å²) in [6, 6.07) is 0. The summed E-state index contributed by atoms with van der Waals surface area (Å²) in [6.07, 6.45) is 29.7. The number of ether oxygens (including phenoxy) is 4. The van der Waals surface area contributed by atoms with E-state index in [0.29, 0.717) is 12.8 Å². The van der Waals surface area contributed by atoms with Crippen molar-refractivity contribution < 1.29 is 56.8 Å². The maximum absolute atomic E-state index is 12.8. The summed E-state index contributed by atoms with van der Waals surface area (Å²) in [5, 5.41) is 30.9. The molecule has 0 aliphatic carbocycles. The zero-order valence-electron chi connectivity index (χ0n) is 37.1. The van der Waals surface area contributed by atoms with Gasteiger partial charge in [0.25, 0.3) is 10.1 Å². The van der Waals surface area contributed by atoms with Gasteiger partial charge in [0.15, 0.2) is 12.4 Å². The van der Waals surface area contributed by atoms with Gasteiger partial charge < -0.3 is 34.3 Å². The summed E-state index contributed by atoms with van der Waals surface area (Å²) in [5.74, 6) is -1.97. The van der Waals surface area contributed by atoms with E-state index in [-0.39, 0.29) is 19.4 Å². The van der Waals surface area contributed by atoms with E-state index in [0.717, 1.165) is 38.5 Å². The Kier molecular flexibility index (Phi) is 34.7. The van der Waals surface area contributed by atoms with Gasteiger partial charge in [-0.25, -0.2) is 0 Å². The highest BCUT2D eigenvalue weighted by atomic mass is 32.2. The molecule has 0 saturated carbocycles. The minimum Gasteiger partial charge on any atom is -0.462 e. The maximum Gasteiger partial charge on any atom is 0.306 e. The van der Waals surface area contributed by atoms with Crippen LogP contribution >= 0.6 is 0 Å². The van der Waals surface area contributed by atoms with E-state index in [1.807, 2.05) is 0 Å². The molecule has 6 unspecified atom stereocenters. The molecule has 0 bridgehead atoms. The predicted molar refractivity (Wildman–Crippen MR) is 234 cm³/mol. The van der Waals surface area contributed by atoms with Crippen LogP contribution < -0.4 is 0 Å². The lowest BCUT2D eigenvalue weighted by atomic mass is 10.00. The second kappa shape index (κ2) is 37.0. The first-order chi connectivity index (χ1) is 28.5. The van der Waals surface area contributed by atoms with Crippen molar-refractivity contribution in [2.75, 3.05) is 19.0 Å². The minimum absolute atomic E-state index is 0.166. The Bertz CT molecular complexity index is 1150. The first-order valence-electron chi connectivity index (χ1n) is 23.7. The van der Waals surface area contributed by atoms with E-state index in [1.165, 1.54) is 135 Å². The second-order valence-corrected chi connectivity index (χ2v) is 18.3. The SMILES string of the molecule is CCCCCCCC/C=C\CCCCCCCCCCCC(=O)OC(COC(=O)CCCCCCCCCCCCCC)COC1OC(CS(=O)(=O)O)C(O)C(O)C1O. The van der Waals surface area contributed by atoms with Crippen LogP contribution in [0.4, 0.5) is 0 Å². The second-order valence-electron chi connectivity index (χ2n) is 16.8. The fourth-order valence-corrected chi connectivity index (χ4v) is 8.07. The molecule has 4 N–H and O–H groups in total. The van der Waals surface area contributed by atoms with Crippen molar-refractivity contribution >= 4 is 22.1 Å². The van der Waals surface area contributed by atoms with Gasteiger partial charge in [0.05, 0.1) is 6.61 Å². The lowest BCUT2D eigenvalue weighted by molar-refractivity contribution is -0.297. The van der Waals surface area contributed by atoms with Gasteiger partial charge >= 0.3 is 11.9 Å². The molecule has 1 aliphatic heterocycles. The third kappa shape index (κ3) is 31.8. The van der Waals surface area contributed by atoms with Crippen LogP contribution in [0.1, 0.15) is 213 Å². The topological polar surface area (TPSA) is 186 Å². The Morgan fingerprint density at radius 1 is 0.559 bits per heavy atom. The van der Waals surface area contributed by atoms with E-state index in [9.17, 15) is 37.9 Å². The lowest BCUT2D eigenvalue weighted by Crippen LogP contribution is -2.60. The van der Waals surface area contributed by atoms with E-state index in [2.05, 4.69) is 26.0 Å². The quantitative estimate of drug-likeness (QED) is 0.0198. The predicted octanol–water partition coefficient (Wildman–Crippen LogP) is 9.84. The van der Waals surface area contributed by atoms with Crippen molar-refractivity contribution in [3.8, 4) is 0 Å². The average molecular weight is 863 g/mol. The molecule has 1 aliphatic rings. The van der Waals surface area contributed by atoms with Crippen molar-refractivity contribution in [2.24, 2.45) is 0 Å². The summed E-state index contributed by atoms with van der Waals surface area (Å²) in [4.78, 5) is 25.4.